The molecule has 186 valence electrons. The molecule has 0 aliphatic heterocycles. The first-order valence-corrected chi connectivity index (χ1v) is 16.7. The third kappa shape index (κ3) is 4.17. The summed E-state index contributed by atoms with van der Waals surface area (Å²) in [4.78, 5) is 24.2. The van der Waals surface area contributed by atoms with Crippen molar-refractivity contribution in [3.8, 4) is 0 Å². The van der Waals surface area contributed by atoms with E-state index in [2.05, 4.69) is 8.67 Å². The van der Waals surface area contributed by atoms with Crippen molar-refractivity contribution in [3.05, 3.63) is 0 Å². The van der Waals surface area contributed by atoms with Gasteiger partial charge in [-0.25, -0.2) is 16.8 Å². The zero-order valence-corrected chi connectivity index (χ0v) is 20.9. The molecule has 0 amide bonds. The van der Waals surface area contributed by atoms with Crippen molar-refractivity contribution in [2.24, 2.45) is 0 Å². The van der Waals surface area contributed by atoms with Gasteiger partial charge in [0.1, 0.15) is 9.49 Å². The standard InChI is InChI=1S/C16H26O12S4/c1-13(17)15(9-5-3-6-10-15)29(19,20)31(23,24)27-28-32(25,26)30(21,22)16(14(2)18)11-7-4-8-12-16/h3-12H2,1-2H3. The summed E-state index contributed by atoms with van der Waals surface area (Å²) in [7, 11) is -22.8. The quantitative estimate of drug-likeness (QED) is 0.229. The number of ketones is 2. The van der Waals surface area contributed by atoms with Gasteiger partial charge in [-0.15, -0.1) is 0 Å². The molecule has 0 aromatic rings. The lowest BCUT2D eigenvalue weighted by Crippen LogP contribution is -2.51. The van der Waals surface area contributed by atoms with Crippen LogP contribution in [0.15, 0.2) is 0 Å². The summed E-state index contributed by atoms with van der Waals surface area (Å²) in [6, 6.07) is 0. The third-order valence-corrected chi connectivity index (χ3v) is 16.7. The Balaban J connectivity index is 2.40. The Morgan fingerprint density at radius 2 is 0.781 bits per heavy atom. The maximum atomic E-state index is 12.8. The van der Waals surface area contributed by atoms with Crippen molar-refractivity contribution in [2.75, 3.05) is 0 Å². The average Bonchev–Trinajstić information content (AvgIpc) is 2.72. The lowest BCUT2D eigenvalue weighted by Gasteiger charge is -2.33. The van der Waals surface area contributed by atoms with E-state index in [1.165, 1.54) is 0 Å². The van der Waals surface area contributed by atoms with E-state index in [0.717, 1.165) is 13.8 Å². The van der Waals surface area contributed by atoms with E-state index in [0.29, 0.717) is 12.8 Å². The average molecular weight is 539 g/mol. The summed E-state index contributed by atoms with van der Waals surface area (Å²) in [5.74, 6) is -1.95. The van der Waals surface area contributed by atoms with Crippen LogP contribution in [0.3, 0.4) is 0 Å². The fourth-order valence-electron chi connectivity index (χ4n) is 4.33. The summed E-state index contributed by atoms with van der Waals surface area (Å²) in [5.41, 5.74) is 0. The lowest BCUT2D eigenvalue weighted by molar-refractivity contribution is -0.121. The molecule has 32 heavy (non-hydrogen) atoms. The van der Waals surface area contributed by atoms with Gasteiger partial charge in [-0.05, 0) is 39.5 Å². The predicted octanol–water partition coefficient (Wildman–Crippen LogP) is 0.838. The first-order chi connectivity index (χ1) is 14.5. The Kier molecular flexibility index (Phi) is 7.69. The maximum absolute atomic E-state index is 12.8. The molecule has 2 aliphatic rings. The monoisotopic (exact) mass is 538 g/mol. The maximum Gasteiger partial charge on any atom is 0.403 e. The van der Waals surface area contributed by atoms with Crippen molar-refractivity contribution < 1.29 is 51.9 Å². The topological polar surface area (TPSA) is 189 Å². The largest absolute Gasteiger partial charge is 0.403 e. The number of Topliss-reactive ketones (excluding diaryl/α,β-unsaturated/α-hetero) is 2. The van der Waals surface area contributed by atoms with E-state index in [9.17, 15) is 43.3 Å². The van der Waals surface area contributed by atoms with Crippen LogP contribution in [0.25, 0.3) is 0 Å². The van der Waals surface area contributed by atoms with Gasteiger partial charge in [-0.1, -0.05) is 47.2 Å². The van der Waals surface area contributed by atoms with E-state index in [1.54, 1.807) is 0 Å². The number of rotatable bonds is 9. The van der Waals surface area contributed by atoms with Crippen LogP contribution in [0.4, 0.5) is 0 Å². The summed E-state index contributed by atoms with van der Waals surface area (Å²) < 4.78 is 104. The van der Waals surface area contributed by atoms with Crippen molar-refractivity contribution in [2.45, 2.75) is 87.5 Å². The number of hydrogen-bond donors (Lipinski definition) is 0. The van der Waals surface area contributed by atoms with E-state index in [-0.39, 0.29) is 51.4 Å². The Bertz CT molecular complexity index is 1090. The molecule has 2 saturated carbocycles. The molecule has 12 nitrogen and oxygen atoms in total. The highest BCUT2D eigenvalue weighted by Gasteiger charge is 2.59. The predicted molar refractivity (Wildman–Crippen MR) is 111 cm³/mol. The van der Waals surface area contributed by atoms with Crippen molar-refractivity contribution in [1.82, 2.24) is 0 Å². The highest BCUT2D eigenvalue weighted by Crippen LogP contribution is 2.41. The van der Waals surface area contributed by atoms with Crippen molar-refractivity contribution in [1.29, 1.82) is 0 Å². The second-order valence-corrected chi connectivity index (χ2v) is 18.5. The molecule has 2 rings (SSSR count). The van der Waals surface area contributed by atoms with Crippen LogP contribution in [0, 0.1) is 0 Å². The van der Waals surface area contributed by atoms with Crippen LogP contribution in [0.1, 0.15) is 78.1 Å². The van der Waals surface area contributed by atoms with E-state index >= 15 is 0 Å². The van der Waals surface area contributed by atoms with Gasteiger partial charge in [0.05, 0.1) is 0 Å². The van der Waals surface area contributed by atoms with Gasteiger partial charge in [0.25, 0.3) is 17.7 Å². The number of hydrogen-bond acceptors (Lipinski definition) is 12. The fourth-order valence-corrected chi connectivity index (χ4v) is 13.0. The van der Waals surface area contributed by atoms with Crippen LogP contribution in [0.5, 0.6) is 0 Å². The molecule has 0 radical (unpaired) electrons. The van der Waals surface area contributed by atoms with Crippen LogP contribution in [0.2, 0.25) is 0 Å². The molecule has 0 aromatic carbocycles. The lowest BCUT2D eigenvalue weighted by atomic mass is 9.86. The normalized spacial score (nSPS) is 22.2. The van der Waals surface area contributed by atoms with E-state index in [4.69, 9.17) is 0 Å². The van der Waals surface area contributed by atoms with Crippen molar-refractivity contribution in [3.63, 3.8) is 0 Å². The number of carbonyl (C=O) groups excluding carboxylic acids is 2. The second-order valence-electron chi connectivity index (χ2n) is 8.08. The van der Waals surface area contributed by atoms with E-state index in [1.807, 2.05) is 0 Å². The van der Waals surface area contributed by atoms with Gasteiger partial charge < -0.3 is 0 Å². The molecule has 0 bridgehead atoms. The van der Waals surface area contributed by atoms with Gasteiger partial charge >= 0.3 is 18.3 Å². The Morgan fingerprint density at radius 1 is 0.531 bits per heavy atom. The number of carbonyl (C=O) groups is 2. The first-order valence-electron chi connectivity index (χ1n) is 9.90. The molecule has 0 atom stereocenters. The molecular weight excluding hydrogens is 512 g/mol. The van der Waals surface area contributed by atoms with Crippen LogP contribution < -0.4 is 0 Å². The molecule has 0 aromatic heterocycles. The zero-order valence-electron chi connectivity index (χ0n) is 17.6. The minimum absolute atomic E-state index is 0.225. The van der Waals surface area contributed by atoms with Crippen LogP contribution in [-0.4, -0.2) is 54.7 Å². The SMILES string of the molecule is CC(=O)C1(S(=O)(=O)S(=O)(=O)OOS(=O)(=O)S(=O)(=O)C2(C(C)=O)CCCCC2)CCCCC1. The van der Waals surface area contributed by atoms with Gasteiger partial charge in [0, 0.05) is 0 Å². The molecule has 0 heterocycles. The highest BCUT2D eigenvalue weighted by atomic mass is 33.2. The third-order valence-electron chi connectivity index (χ3n) is 6.29. The van der Waals surface area contributed by atoms with Crippen molar-refractivity contribution >= 4 is 47.6 Å². The highest BCUT2D eigenvalue weighted by molar-refractivity contribution is 8.67. The Hall–Kier alpha value is -0.940. The molecule has 2 aliphatic carbocycles. The van der Waals surface area contributed by atoms with Gasteiger partial charge in [0.2, 0.25) is 0 Å². The Labute approximate surface area is 186 Å². The van der Waals surface area contributed by atoms with Gasteiger partial charge in [0.15, 0.2) is 11.6 Å². The zero-order chi connectivity index (χ0) is 24.6. The summed E-state index contributed by atoms with van der Waals surface area (Å²) in [6.07, 6.45) is 0.705. The van der Waals surface area contributed by atoms with Gasteiger partial charge in [-0.3, -0.25) is 9.59 Å². The minimum atomic E-state index is -5.93. The molecule has 0 spiro atoms. The molecular formula is C16H26O12S4. The second kappa shape index (κ2) is 9.02. The molecule has 2 fully saturated rings. The molecule has 0 unspecified atom stereocenters. The smallest absolute Gasteiger partial charge is 0.298 e. The Morgan fingerprint density at radius 3 is 1.00 bits per heavy atom. The molecule has 16 heteroatoms. The summed E-state index contributed by atoms with van der Waals surface area (Å²) in [6.45, 7) is 1.78. The molecule has 0 saturated heterocycles. The molecule has 0 N–H and O–H groups in total. The van der Waals surface area contributed by atoms with Gasteiger partial charge in [-0.2, -0.15) is 16.8 Å². The van der Waals surface area contributed by atoms with Crippen LogP contribution in [-0.2, 0) is 54.3 Å². The van der Waals surface area contributed by atoms with E-state index < -0.39 is 57.1 Å². The summed E-state index contributed by atoms with van der Waals surface area (Å²) in [5, 5.41) is 0. The summed E-state index contributed by atoms with van der Waals surface area (Å²) >= 11 is 0. The van der Waals surface area contributed by atoms with Crippen LogP contribution >= 0.6 is 0 Å². The first kappa shape index (κ1) is 27.3. The minimum Gasteiger partial charge on any atom is -0.298 e. The fraction of sp³-hybridized carbons (Fsp3) is 0.875.